The normalized spacial score (nSPS) is 10.8. The van der Waals surface area contributed by atoms with Crippen LogP contribution in [0.3, 0.4) is 0 Å². The highest BCUT2D eigenvalue weighted by Crippen LogP contribution is 2.34. The number of benzene rings is 2. The Morgan fingerprint density at radius 1 is 0.741 bits per heavy atom. The lowest BCUT2D eigenvalue weighted by Gasteiger charge is -2.09. The summed E-state index contributed by atoms with van der Waals surface area (Å²) in [7, 11) is 4.90. The van der Waals surface area contributed by atoms with E-state index < -0.39 is 0 Å². The highest BCUT2D eigenvalue weighted by molar-refractivity contribution is 5.93. The van der Waals surface area contributed by atoms with E-state index in [0.717, 1.165) is 33.5 Å². The van der Waals surface area contributed by atoms with Gasteiger partial charge in [-0.2, -0.15) is 5.10 Å². The Hall–Kier alpha value is -3.54. The predicted molar refractivity (Wildman–Crippen MR) is 104 cm³/mol. The van der Waals surface area contributed by atoms with Gasteiger partial charge in [0.05, 0.1) is 27.0 Å². The zero-order chi connectivity index (χ0) is 18.8. The first-order chi connectivity index (χ1) is 13.2. The molecule has 4 rings (SSSR count). The maximum absolute atomic E-state index is 5.41. The minimum Gasteiger partial charge on any atom is -0.497 e. The topological polar surface area (TPSA) is 69.3 Å². The van der Waals surface area contributed by atoms with Crippen molar-refractivity contribution in [2.75, 3.05) is 21.3 Å². The molecule has 27 heavy (non-hydrogen) atoms. The smallest absolute Gasteiger partial charge is 0.181 e. The van der Waals surface area contributed by atoms with Crippen LogP contribution >= 0.6 is 0 Å². The van der Waals surface area contributed by atoms with Crippen LogP contribution in [0.4, 0.5) is 0 Å². The van der Waals surface area contributed by atoms with Crippen molar-refractivity contribution in [3.05, 3.63) is 54.7 Å². The van der Waals surface area contributed by atoms with Gasteiger partial charge in [0, 0.05) is 22.7 Å². The summed E-state index contributed by atoms with van der Waals surface area (Å²) >= 11 is 0. The standard InChI is InChI=1S/C21H19N3O3/c1-25-16-7-4-13(5-8-16)20-17-10-15(12-22-21(17)24-23-20)14-6-9-18(26-2)19(11-14)27-3/h4-12H,1-3H3,(H,22,23,24). The summed E-state index contributed by atoms with van der Waals surface area (Å²) in [6.45, 7) is 0. The molecule has 136 valence electrons. The summed E-state index contributed by atoms with van der Waals surface area (Å²) in [5.74, 6) is 2.18. The Balaban J connectivity index is 1.80. The number of aromatic amines is 1. The number of aromatic nitrogens is 3. The van der Waals surface area contributed by atoms with Crippen LogP contribution in [-0.4, -0.2) is 36.5 Å². The number of hydrogen-bond donors (Lipinski definition) is 1. The van der Waals surface area contributed by atoms with Crippen LogP contribution in [0.5, 0.6) is 17.2 Å². The van der Waals surface area contributed by atoms with Crippen LogP contribution in [0, 0.1) is 0 Å². The number of nitrogens with zero attached hydrogens (tertiary/aromatic N) is 2. The van der Waals surface area contributed by atoms with Crippen molar-refractivity contribution in [1.82, 2.24) is 15.2 Å². The molecule has 0 amide bonds. The first-order valence-electron chi connectivity index (χ1n) is 8.44. The number of pyridine rings is 1. The van der Waals surface area contributed by atoms with Crippen molar-refractivity contribution in [3.8, 4) is 39.6 Å². The summed E-state index contributed by atoms with van der Waals surface area (Å²) in [4.78, 5) is 4.50. The van der Waals surface area contributed by atoms with E-state index in [4.69, 9.17) is 14.2 Å². The third-order valence-corrected chi connectivity index (χ3v) is 4.51. The molecule has 0 aliphatic carbocycles. The molecule has 0 unspecified atom stereocenters. The minimum atomic E-state index is 0.671. The average molecular weight is 361 g/mol. The number of methoxy groups -OCH3 is 3. The Morgan fingerprint density at radius 3 is 2.19 bits per heavy atom. The molecule has 0 atom stereocenters. The minimum absolute atomic E-state index is 0.671. The largest absolute Gasteiger partial charge is 0.497 e. The van der Waals surface area contributed by atoms with Crippen LogP contribution < -0.4 is 14.2 Å². The second kappa shape index (κ2) is 6.99. The van der Waals surface area contributed by atoms with Crippen LogP contribution in [0.15, 0.2) is 54.7 Å². The average Bonchev–Trinajstić information content (AvgIpc) is 3.16. The van der Waals surface area contributed by atoms with Crippen molar-refractivity contribution in [1.29, 1.82) is 0 Å². The molecule has 0 saturated heterocycles. The number of ether oxygens (including phenoxy) is 3. The van der Waals surface area contributed by atoms with E-state index in [-0.39, 0.29) is 0 Å². The Bertz CT molecular complexity index is 1090. The van der Waals surface area contributed by atoms with Crippen molar-refractivity contribution in [2.24, 2.45) is 0 Å². The fourth-order valence-corrected chi connectivity index (χ4v) is 3.05. The maximum atomic E-state index is 5.41. The monoisotopic (exact) mass is 361 g/mol. The lowest BCUT2D eigenvalue weighted by Crippen LogP contribution is -1.91. The summed E-state index contributed by atoms with van der Waals surface area (Å²) in [6.07, 6.45) is 1.81. The number of nitrogens with one attached hydrogen (secondary N) is 1. The Kier molecular flexibility index (Phi) is 4.38. The molecule has 0 aliphatic rings. The van der Waals surface area contributed by atoms with Gasteiger partial charge in [0.1, 0.15) is 5.75 Å². The number of fused-ring (bicyclic) bond motifs is 1. The van der Waals surface area contributed by atoms with Crippen LogP contribution in [-0.2, 0) is 0 Å². The first kappa shape index (κ1) is 16.9. The molecule has 1 N–H and O–H groups in total. The molecule has 0 bridgehead atoms. The van der Waals surface area contributed by atoms with Gasteiger partial charge in [0.2, 0.25) is 0 Å². The molecule has 2 aromatic carbocycles. The van der Waals surface area contributed by atoms with Gasteiger partial charge in [-0.25, -0.2) is 4.98 Å². The molecule has 2 aromatic heterocycles. The molecule has 6 nitrogen and oxygen atoms in total. The molecule has 0 saturated carbocycles. The van der Waals surface area contributed by atoms with Crippen LogP contribution in [0.2, 0.25) is 0 Å². The van der Waals surface area contributed by atoms with Crippen molar-refractivity contribution < 1.29 is 14.2 Å². The Labute approximate surface area is 156 Å². The van der Waals surface area contributed by atoms with Gasteiger partial charge < -0.3 is 14.2 Å². The summed E-state index contributed by atoms with van der Waals surface area (Å²) in [5, 5.41) is 8.36. The highest BCUT2D eigenvalue weighted by Gasteiger charge is 2.12. The SMILES string of the molecule is COc1ccc(-c2[nH]nc3ncc(-c4ccc(OC)c(OC)c4)cc23)cc1. The molecule has 0 spiro atoms. The lowest BCUT2D eigenvalue weighted by molar-refractivity contribution is 0.355. The third-order valence-electron chi connectivity index (χ3n) is 4.51. The Morgan fingerprint density at radius 2 is 1.48 bits per heavy atom. The number of rotatable bonds is 5. The van der Waals surface area contributed by atoms with E-state index in [9.17, 15) is 0 Å². The van der Waals surface area contributed by atoms with E-state index >= 15 is 0 Å². The fraction of sp³-hybridized carbons (Fsp3) is 0.143. The third kappa shape index (κ3) is 3.06. The molecule has 0 radical (unpaired) electrons. The van der Waals surface area contributed by atoms with Crippen molar-refractivity contribution >= 4 is 11.0 Å². The molecule has 2 heterocycles. The van der Waals surface area contributed by atoms with Crippen LogP contribution in [0.25, 0.3) is 33.4 Å². The van der Waals surface area contributed by atoms with Crippen LogP contribution in [0.1, 0.15) is 0 Å². The van der Waals surface area contributed by atoms with E-state index in [0.29, 0.717) is 17.1 Å². The van der Waals surface area contributed by atoms with Gasteiger partial charge in [-0.15, -0.1) is 0 Å². The number of hydrogen-bond acceptors (Lipinski definition) is 5. The van der Waals surface area contributed by atoms with Gasteiger partial charge >= 0.3 is 0 Å². The first-order valence-corrected chi connectivity index (χ1v) is 8.44. The second-order valence-corrected chi connectivity index (χ2v) is 5.99. The number of H-pyrrole nitrogens is 1. The summed E-state index contributed by atoms with van der Waals surface area (Å²) in [6, 6.07) is 15.7. The predicted octanol–water partition coefficient (Wildman–Crippen LogP) is 4.32. The van der Waals surface area contributed by atoms with E-state index in [1.54, 1.807) is 21.3 Å². The van der Waals surface area contributed by atoms with Gasteiger partial charge in [-0.3, -0.25) is 5.10 Å². The lowest BCUT2D eigenvalue weighted by atomic mass is 10.0. The molecular weight excluding hydrogens is 342 g/mol. The molecule has 4 aromatic rings. The molecule has 0 fully saturated rings. The quantitative estimate of drug-likeness (QED) is 0.573. The summed E-state index contributed by atoms with van der Waals surface area (Å²) < 4.78 is 16.0. The fourth-order valence-electron chi connectivity index (χ4n) is 3.05. The summed E-state index contributed by atoms with van der Waals surface area (Å²) in [5.41, 5.74) is 4.57. The molecular formula is C21H19N3O3. The zero-order valence-electron chi connectivity index (χ0n) is 15.3. The van der Waals surface area contributed by atoms with Gasteiger partial charge in [-0.05, 0) is 48.0 Å². The highest BCUT2D eigenvalue weighted by atomic mass is 16.5. The molecule has 6 heteroatoms. The van der Waals surface area contributed by atoms with E-state index in [1.165, 1.54) is 0 Å². The zero-order valence-corrected chi connectivity index (χ0v) is 15.3. The molecule has 0 aliphatic heterocycles. The van der Waals surface area contributed by atoms with Crippen molar-refractivity contribution in [2.45, 2.75) is 0 Å². The second-order valence-electron chi connectivity index (χ2n) is 5.99. The van der Waals surface area contributed by atoms with E-state index in [2.05, 4.69) is 21.2 Å². The van der Waals surface area contributed by atoms with Gasteiger partial charge in [0.15, 0.2) is 17.1 Å². The van der Waals surface area contributed by atoms with Gasteiger partial charge in [0.25, 0.3) is 0 Å². The van der Waals surface area contributed by atoms with E-state index in [1.807, 2.05) is 48.7 Å². The maximum Gasteiger partial charge on any atom is 0.181 e. The van der Waals surface area contributed by atoms with Crippen molar-refractivity contribution in [3.63, 3.8) is 0 Å². The van der Waals surface area contributed by atoms with Gasteiger partial charge in [-0.1, -0.05) is 6.07 Å².